The number of likely N-dealkylation sites (tertiary alicyclic amines) is 1. The highest BCUT2D eigenvalue weighted by Crippen LogP contribution is 2.27. The Morgan fingerprint density at radius 3 is 2.72 bits per heavy atom. The quantitative estimate of drug-likeness (QED) is 0.326. The fraction of sp³-hybridized carbons (Fsp3) is 0.407. The summed E-state index contributed by atoms with van der Waals surface area (Å²) in [5.41, 5.74) is 2.25. The van der Waals surface area contributed by atoms with Gasteiger partial charge in [-0.05, 0) is 49.6 Å². The summed E-state index contributed by atoms with van der Waals surface area (Å²) in [6, 6.07) is 9.92. The van der Waals surface area contributed by atoms with Gasteiger partial charge in [0.25, 0.3) is 0 Å². The molecule has 4 heterocycles. The number of rotatable bonds is 9. The summed E-state index contributed by atoms with van der Waals surface area (Å²) in [4.78, 5) is 23.0. The Labute approximate surface area is 228 Å². The molecule has 0 saturated carbocycles. The molecule has 39 heavy (non-hydrogen) atoms. The van der Waals surface area contributed by atoms with Crippen LogP contribution in [0.4, 0.5) is 4.39 Å². The molecule has 6 rings (SSSR count). The maximum atomic E-state index is 14.0. The fourth-order valence-corrected chi connectivity index (χ4v) is 5.25. The summed E-state index contributed by atoms with van der Waals surface area (Å²) >= 11 is 5.81. The van der Waals surface area contributed by atoms with Crippen LogP contribution in [0.25, 0.3) is 11.0 Å². The SMILES string of the molecule is O=C(O)c1ccc2nc(CN3CCC(n4cnc(OCc5ccc(Cl)cc5F)n4)CC3)n(C[C@@H]3CCO3)c2c1. The number of carboxylic acid groups (broad SMARTS) is 1. The third-order valence-electron chi connectivity index (χ3n) is 7.41. The third kappa shape index (κ3) is 5.61. The van der Waals surface area contributed by atoms with Gasteiger partial charge in [-0.3, -0.25) is 4.90 Å². The van der Waals surface area contributed by atoms with Crippen molar-refractivity contribution in [1.29, 1.82) is 0 Å². The summed E-state index contributed by atoms with van der Waals surface area (Å²) in [7, 11) is 0. The van der Waals surface area contributed by atoms with E-state index in [-0.39, 0.29) is 30.3 Å². The number of hydrogen-bond donors (Lipinski definition) is 1. The molecule has 2 aliphatic rings. The Balaban J connectivity index is 1.09. The molecule has 2 aliphatic heterocycles. The maximum absolute atomic E-state index is 14.0. The van der Waals surface area contributed by atoms with E-state index in [1.165, 1.54) is 6.07 Å². The number of piperidine rings is 1. The largest absolute Gasteiger partial charge is 0.478 e. The van der Waals surface area contributed by atoms with Crippen molar-refractivity contribution in [2.75, 3.05) is 19.7 Å². The van der Waals surface area contributed by atoms with Gasteiger partial charge in [0, 0.05) is 30.3 Å². The topological polar surface area (TPSA) is 108 Å². The predicted octanol–water partition coefficient (Wildman–Crippen LogP) is 4.32. The van der Waals surface area contributed by atoms with Crippen LogP contribution < -0.4 is 4.74 Å². The van der Waals surface area contributed by atoms with Crippen LogP contribution in [0.1, 0.15) is 47.1 Å². The summed E-state index contributed by atoms with van der Waals surface area (Å²) in [6.07, 6.45) is 4.53. The van der Waals surface area contributed by atoms with Crippen molar-refractivity contribution >= 4 is 28.6 Å². The monoisotopic (exact) mass is 554 g/mol. The van der Waals surface area contributed by atoms with Crippen LogP contribution in [0.3, 0.4) is 0 Å². The van der Waals surface area contributed by atoms with Crippen molar-refractivity contribution in [2.45, 2.75) is 51.1 Å². The minimum atomic E-state index is -0.952. The van der Waals surface area contributed by atoms with Gasteiger partial charge in [-0.25, -0.2) is 18.9 Å². The van der Waals surface area contributed by atoms with Gasteiger partial charge in [-0.2, -0.15) is 4.98 Å². The molecule has 10 nitrogen and oxygen atoms in total. The van der Waals surface area contributed by atoms with Crippen molar-refractivity contribution in [1.82, 2.24) is 29.2 Å². The third-order valence-corrected chi connectivity index (χ3v) is 7.64. The van der Waals surface area contributed by atoms with E-state index in [0.29, 0.717) is 23.7 Å². The van der Waals surface area contributed by atoms with Crippen LogP contribution in [-0.4, -0.2) is 66.1 Å². The van der Waals surface area contributed by atoms with Crippen LogP contribution in [0.5, 0.6) is 6.01 Å². The molecular formula is C27H28ClFN6O4. The fourth-order valence-electron chi connectivity index (χ4n) is 5.09. The van der Waals surface area contributed by atoms with Crippen molar-refractivity contribution in [3.8, 4) is 6.01 Å². The van der Waals surface area contributed by atoms with Crippen molar-refractivity contribution in [3.05, 3.63) is 70.5 Å². The van der Waals surface area contributed by atoms with Gasteiger partial charge in [0.15, 0.2) is 0 Å². The Morgan fingerprint density at radius 2 is 2.00 bits per heavy atom. The molecule has 0 bridgehead atoms. The molecule has 0 unspecified atom stereocenters. The van der Waals surface area contributed by atoms with Crippen molar-refractivity contribution in [3.63, 3.8) is 0 Å². The Morgan fingerprint density at radius 1 is 1.18 bits per heavy atom. The molecule has 2 fully saturated rings. The molecule has 1 atom stereocenters. The Bertz CT molecular complexity index is 1490. The van der Waals surface area contributed by atoms with E-state index in [1.54, 1.807) is 36.7 Å². The first-order chi connectivity index (χ1) is 18.9. The number of ether oxygens (including phenoxy) is 2. The average molecular weight is 555 g/mol. The van der Waals surface area contributed by atoms with E-state index in [1.807, 2.05) is 4.68 Å². The highest BCUT2D eigenvalue weighted by molar-refractivity contribution is 6.30. The second-order valence-corrected chi connectivity index (χ2v) is 10.4. The molecule has 1 N–H and O–H groups in total. The minimum absolute atomic E-state index is 0.0202. The summed E-state index contributed by atoms with van der Waals surface area (Å²) in [5, 5.41) is 14.3. The van der Waals surface area contributed by atoms with Gasteiger partial charge in [-0.15, -0.1) is 5.10 Å². The predicted molar refractivity (Wildman–Crippen MR) is 140 cm³/mol. The first-order valence-electron chi connectivity index (χ1n) is 13.0. The van der Waals surface area contributed by atoms with E-state index < -0.39 is 11.8 Å². The Kier molecular flexibility index (Phi) is 7.20. The van der Waals surface area contributed by atoms with Gasteiger partial charge >= 0.3 is 12.0 Å². The van der Waals surface area contributed by atoms with Crippen LogP contribution in [0.2, 0.25) is 5.02 Å². The summed E-state index contributed by atoms with van der Waals surface area (Å²) < 4.78 is 29.2. The molecule has 2 aromatic heterocycles. The number of carbonyl (C=O) groups is 1. The first-order valence-corrected chi connectivity index (χ1v) is 13.3. The first kappa shape index (κ1) is 25.7. The number of imidazole rings is 1. The normalized spacial score (nSPS) is 18.4. The lowest BCUT2D eigenvalue weighted by Crippen LogP contribution is -2.36. The van der Waals surface area contributed by atoms with Gasteiger partial charge in [0.2, 0.25) is 0 Å². The molecule has 0 spiro atoms. The minimum Gasteiger partial charge on any atom is -0.478 e. The number of halogens is 2. The lowest BCUT2D eigenvalue weighted by Gasteiger charge is -2.32. The van der Waals surface area contributed by atoms with Gasteiger partial charge in [0.1, 0.15) is 24.6 Å². The standard InChI is InChI=1S/C27H28ClFN6O4/c28-19-3-1-18(22(29)12-19)15-39-27-30-16-35(32-27)20-5-8-33(9-6-20)14-25-31-23-4-2-17(26(36)37)11-24(23)34(25)13-21-7-10-38-21/h1-4,11-12,16,20-21H,5-10,13-15H2,(H,36,37)/t21-/m0/s1. The summed E-state index contributed by atoms with van der Waals surface area (Å²) in [6.45, 7) is 3.79. The van der Waals surface area contributed by atoms with Crippen LogP contribution in [-0.2, 0) is 24.4 Å². The summed E-state index contributed by atoms with van der Waals surface area (Å²) in [5.74, 6) is -0.468. The number of aromatic carboxylic acids is 1. The number of nitrogens with zero attached hydrogens (tertiary/aromatic N) is 6. The molecule has 204 valence electrons. The van der Waals surface area contributed by atoms with Gasteiger partial charge in [-0.1, -0.05) is 17.7 Å². The highest BCUT2D eigenvalue weighted by Gasteiger charge is 2.26. The Hall–Kier alpha value is -3.54. The zero-order valence-electron chi connectivity index (χ0n) is 21.2. The number of fused-ring (bicyclic) bond motifs is 1. The number of hydrogen-bond acceptors (Lipinski definition) is 7. The van der Waals surface area contributed by atoms with E-state index in [9.17, 15) is 14.3 Å². The highest BCUT2D eigenvalue weighted by atomic mass is 35.5. The molecule has 0 aliphatic carbocycles. The number of benzene rings is 2. The van der Waals surface area contributed by atoms with Crippen LogP contribution in [0, 0.1) is 5.82 Å². The molecular weight excluding hydrogens is 527 g/mol. The molecule has 2 saturated heterocycles. The lowest BCUT2D eigenvalue weighted by molar-refractivity contribution is -0.0592. The maximum Gasteiger partial charge on any atom is 0.335 e. The smallest absolute Gasteiger partial charge is 0.335 e. The van der Waals surface area contributed by atoms with Crippen molar-refractivity contribution < 1.29 is 23.8 Å². The molecule has 2 aromatic carbocycles. The number of aromatic nitrogens is 5. The van der Waals surface area contributed by atoms with E-state index >= 15 is 0 Å². The average Bonchev–Trinajstić information content (AvgIpc) is 3.50. The van der Waals surface area contributed by atoms with Crippen LogP contribution >= 0.6 is 11.6 Å². The molecule has 0 amide bonds. The second kappa shape index (κ2) is 10.9. The zero-order chi connectivity index (χ0) is 26.9. The second-order valence-electron chi connectivity index (χ2n) is 9.97. The number of carboxylic acids is 1. The van der Waals surface area contributed by atoms with E-state index in [4.69, 9.17) is 26.1 Å². The van der Waals surface area contributed by atoms with E-state index in [2.05, 4.69) is 19.5 Å². The van der Waals surface area contributed by atoms with Gasteiger partial charge < -0.3 is 19.1 Å². The van der Waals surface area contributed by atoms with Crippen LogP contribution in [0.15, 0.2) is 42.7 Å². The molecule has 4 aromatic rings. The molecule has 0 radical (unpaired) electrons. The molecule has 12 heteroatoms. The lowest BCUT2D eigenvalue weighted by atomic mass is 10.1. The van der Waals surface area contributed by atoms with Crippen molar-refractivity contribution in [2.24, 2.45) is 0 Å². The zero-order valence-corrected chi connectivity index (χ0v) is 21.9. The van der Waals surface area contributed by atoms with Gasteiger partial charge in [0.05, 0.1) is 41.8 Å². The van der Waals surface area contributed by atoms with E-state index in [0.717, 1.165) is 55.8 Å².